The van der Waals surface area contributed by atoms with Crippen LogP contribution in [0, 0.1) is 17.7 Å². The molecule has 2 heteroatoms. The molecule has 0 aliphatic carbocycles. The van der Waals surface area contributed by atoms with Crippen molar-refractivity contribution < 1.29 is 4.39 Å². The molecule has 0 aliphatic rings. The molecule has 0 N–H and O–H groups in total. The van der Waals surface area contributed by atoms with Gasteiger partial charge < -0.3 is 4.90 Å². The fourth-order valence-electron chi connectivity index (χ4n) is 3.87. The summed E-state index contributed by atoms with van der Waals surface area (Å²) in [4.78, 5) is 2.38. The molecule has 3 rings (SSSR count). The van der Waals surface area contributed by atoms with Gasteiger partial charge in [-0.25, -0.2) is 4.39 Å². The number of unbranched alkanes of at least 4 members (excludes halogenated alkanes) is 4. The van der Waals surface area contributed by atoms with E-state index in [2.05, 4.69) is 79.1 Å². The summed E-state index contributed by atoms with van der Waals surface area (Å²) >= 11 is 0. The number of nitrogens with zero attached hydrogens (tertiary/aromatic N) is 1. The van der Waals surface area contributed by atoms with Gasteiger partial charge in [0.05, 0.1) is 0 Å². The zero-order valence-corrected chi connectivity index (χ0v) is 20.1. The van der Waals surface area contributed by atoms with Gasteiger partial charge in [0.1, 0.15) is 5.82 Å². The van der Waals surface area contributed by atoms with Crippen molar-refractivity contribution in [1.82, 2.24) is 0 Å². The van der Waals surface area contributed by atoms with E-state index in [4.69, 9.17) is 0 Å². The van der Waals surface area contributed by atoms with Crippen LogP contribution < -0.4 is 4.90 Å². The van der Waals surface area contributed by atoms with Crippen LogP contribution in [0.4, 0.5) is 10.1 Å². The zero-order valence-electron chi connectivity index (χ0n) is 20.1. The normalized spacial score (nSPS) is 10.5. The second-order valence-corrected chi connectivity index (χ2v) is 8.71. The van der Waals surface area contributed by atoms with E-state index in [1.165, 1.54) is 43.4 Å². The van der Waals surface area contributed by atoms with Gasteiger partial charge in [-0.15, -0.1) is 0 Å². The molecule has 0 aromatic heterocycles. The Hall–Kier alpha value is -3.05. The SMILES string of the molecule is CCCCCCN(Cc1ccc(F)cc1)c1ccc(C#Cc2ccc(CCCC)cc2)cc1. The summed E-state index contributed by atoms with van der Waals surface area (Å²) < 4.78 is 13.3. The Balaban J connectivity index is 1.67. The third-order valence-corrected chi connectivity index (χ3v) is 5.92. The molecule has 0 unspecified atom stereocenters. The summed E-state index contributed by atoms with van der Waals surface area (Å²) in [7, 11) is 0. The lowest BCUT2D eigenvalue weighted by molar-refractivity contribution is 0.624. The molecule has 172 valence electrons. The van der Waals surface area contributed by atoms with E-state index < -0.39 is 0 Å². The van der Waals surface area contributed by atoms with Gasteiger partial charge in [0.2, 0.25) is 0 Å². The van der Waals surface area contributed by atoms with Gasteiger partial charge >= 0.3 is 0 Å². The van der Waals surface area contributed by atoms with Crippen molar-refractivity contribution in [2.24, 2.45) is 0 Å². The second kappa shape index (κ2) is 13.5. The van der Waals surface area contributed by atoms with Gasteiger partial charge in [-0.1, -0.05) is 75.6 Å². The maximum Gasteiger partial charge on any atom is 0.123 e. The smallest absolute Gasteiger partial charge is 0.123 e. The summed E-state index contributed by atoms with van der Waals surface area (Å²) in [5.41, 5.74) is 5.75. The summed E-state index contributed by atoms with van der Waals surface area (Å²) in [6.07, 6.45) is 8.47. The van der Waals surface area contributed by atoms with Crippen molar-refractivity contribution in [3.8, 4) is 11.8 Å². The molecular formula is C31H36FN. The van der Waals surface area contributed by atoms with Crippen LogP contribution in [0.5, 0.6) is 0 Å². The molecule has 0 amide bonds. The van der Waals surface area contributed by atoms with Gasteiger partial charge in [0.25, 0.3) is 0 Å². The van der Waals surface area contributed by atoms with Crippen LogP contribution in [0.15, 0.2) is 72.8 Å². The van der Waals surface area contributed by atoms with E-state index in [1.54, 1.807) is 12.1 Å². The van der Waals surface area contributed by atoms with Crippen molar-refractivity contribution in [1.29, 1.82) is 0 Å². The molecule has 33 heavy (non-hydrogen) atoms. The van der Waals surface area contributed by atoms with E-state index in [0.717, 1.165) is 42.6 Å². The summed E-state index contributed by atoms with van der Waals surface area (Å²) in [5, 5.41) is 0. The number of benzene rings is 3. The van der Waals surface area contributed by atoms with Crippen LogP contribution in [0.1, 0.15) is 74.6 Å². The average molecular weight is 442 g/mol. The van der Waals surface area contributed by atoms with E-state index in [0.29, 0.717) is 0 Å². The highest BCUT2D eigenvalue weighted by atomic mass is 19.1. The highest BCUT2D eigenvalue weighted by Gasteiger charge is 2.08. The number of aryl methyl sites for hydroxylation is 1. The molecule has 0 heterocycles. The third kappa shape index (κ3) is 8.43. The largest absolute Gasteiger partial charge is 0.367 e. The van der Waals surface area contributed by atoms with Crippen LogP contribution in [-0.4, -0.2) is 6.54 Å². The van der Waals surface area contributed by atoms with Gasteiger partial charge in [-0.05, 0) is 78.9 Å². The Morgan fingerprint density at radius 1 is 0.636 bits per heavy atom. The van der Waals surface area contributed by atoms with Crippen LogP contribution in [0.25, 0.3) is 0 Å². The van der Waals surface area contributed by atoms with Gasteiger partial charge in [-0.2, -0.15) is 0 Å². The van der Waals surface area contributed by atoms with Gasteiger partial charge in [0.15, 0.2) is 0 Å². The highest BCUT2D eigenvalue weighted by Crippen LogP contribution is 2.20. The standard InChI is InChI=1S/C31H36FN/c1-3-5-7-8-24-33(25-29-16-20-30(32)21-17-29)31-22-18-28(19-23-31)15-14-27-12-10-26(11-13-27)9-6-4-2/h10-13,16-23H,3-9,24-25H2,1-2H3. The fourth-order valence-corrected chi connectivity index (χ4v) is 3.87. The summed E-state index contributed by atoms with van der Waals surface area (Å²) in [6, 6.07) is 24.0. The van der Waals surface area contributed by atoms with Crippen LogP contribution in [-0.2, 0) is 13.0 Å². The minimum Gasteiger partial charge on any atom is -0.367 e. The van der Waals surface area contributed by atoms with Crippen LogP contribution in [0.3, 0.4) is 0 Å². The first-order valence-electron chi connectivity index (χ1n) is 12.4. The molecule has 0 spiro atoms. The molecule has 0 saturated heterocycles. The number of halogens is 1. The molecule has 1 nitrogen and oxygen atoms in total. The minimum atomic E-state index is -0.188. The Bertz CT molecular complexity index is 1010. The first kappa shape index (κ1) is 24.6. The van der Waals surface area contributed by atoms with E-state index >= 15 is 0 Å². The second-order valence-electron chi connectivity index (χ2n) is 8.71. The number of anilines is 1. The molecule has 0 bridgehead atoms. The average Bonchev–Trinajstić information content (AvgIpc) is 2.85. The van der Waals surface area contributed by atoms with Crippen molar-refractivity contribution in [2.45, 2.75) is 65.3 Å². The van der Waals surface area contributed by atoms with Gasteiger partial charge in [-0.3, -0.25) is 0 Å². The van der Waals surface area contributed by atoms with E-state index in [9.17, 15) is 4.39 Å². The topological polar surface area (TPSA) is 3.24 Å². The Morgan fingerprint density at radius 2 is 1.21 bits per heavy atom. The fraction of sp³-hybridized carbons (Fsp3) is 0.355. The van der Waals surface area contributed by atoms with Crippen molar-refractivity contribution in [3.05, 3.63) is 101 Å². The molecule has 3 aromatic rings. The summed E-state index contributed by atoms with van der Waals surface area (Å²) in [5.74, 6) is 6.39. The number of rotatable bonds is 11. The van der Waals surface area contributed by atoms with Crippen LogP contribution >= 0.6 is 0 Å². The van der Waals surface area contributed by atoms with E-state index in [-0.39, 0.29) is 5.82 Å². The monoisotopic (exact) mass is 441 g/mol. The minimum absolute atomic E-state index is 0.188. The van der Waals surface area contributed by atoms with Gasteiger partial charge in [0, 0.05) is 29.9 Å². The first-order chi connectivity index (χ1) is 16.2. The van der Waals surface area contributed by atoms with E-state index in [1.807, 2.05) is 12.1 Å². The molecule has 0 atom stereocenters. The van der Waals surface area contributed by atoms with Crippen molar-refractivity contribution in [2.75, 3.05) is 11.4 Å². The maximum absolute atomic E-state index is 13.3. The Labute approximate surface area is 199 Å². The lowest BCUT2D eigenvalue weighted by Crippen LogP contribution is -2.23. The highest BCUT2D eigenvalue weighted by molar-refractivity contribution is 5.52. The van der Waals surface area contributed by atoms with Crippen LogP contribution in [0.2, 0.25) is 0 Å². The van der Waals surface area contributed by atoms with Crippen molar-refractivity contribution in [3.63, 3.8) is 0 Å². The Kier molecular flexibility index (Phi) is 10.0. The lowest BCUT2D eigenvalue weighted by atomic mass is 10.1. The molecule has 0 radical (unpaired) electrons. The molecular weight excluding hydrogens is 405 g/mol. The van der Waals surface area contributed by atoms with Crippen molar-refractivity contribution >= 4 is 5.69 Å². The lowest BCUT2D eigenvalue weighted by Gasteiger charge is -2.25. The number of hydrogen-bond acceptors (Lipinski definition) is 1. The first-order valence-corrected chi connectivity index (χ1v) is 12.4. The summed E-state index contributed by atoms with van der Waals surface area (Å²) in [6.45, 7) is 6.23. The Morgan fingerprint density at radius 3 is 1.82 bits per heavy atom. The zero-order chi connectivity index (χ0) is 23.3. The molecule has 0 aliphatic heterocycles. The number of hydrogen-bond donors (Lipinski definition) is 0. The predicted octanol–water partition coefficient (Wildman–Crippen LogP) is 8.16. The molecule has 0 saturated carbocycles. The molecule has 0 fully saturated rings. The predicted molar refractivity (Wildman–Crippen MR) is 139 cm³/mol. The maximum atomic E-state index is 13.3. The third-order valence-electron chi connectivity index (χ3n) is 5.92. The molecule has 3 aromatic carbocycles. The quantitative estimate of drug-likeness (QED) is 0.214.